The smallest absolute Gasteiger partial charge is 0.122 e. The van der Waals surface area contributed by atoms with Crippen molar-refractivity contribution in [2.45, 2.75) is 18.9 Å². The van der Waals surface area contributed by atoms with E-state index in [1.807, 2.05) is 0 Å². The van der Waals surface area contributed by atoms with Crippen molar-refractivity contribution in [2.75, 3.05) is 59.6 Å². The fourth-order valence-corrected chi connectivity index (χ4v) is 3.31. The van der Waals surface area contributed by atoms with Crippen LogP contribution in [0.1, 0.15) is 11.1 Å². The van der Waals surface area contributed by atoms with E-state index in [1.165, 1.54) is 11.1 Å². The summed E-state index contributed by atoms with van der Waals surface area (Å²) >= 11 is 0. The zero-order valence-electron chi connectivity index (χ0n) is 14.0. The molecule has 0 amide bonds. The van der Waals surface area contributed by atoms with Gasteiger partial charge in [-0.25, -0.2) is 0 Å². The molecule has 5 nitrogen and oxygen atoms in total. The first-order valence-corrected chi connectivity index (χ1v) is 8.62. The minimum Gasteiger partial charge on any atom is -0.493 e. The Kier molecular flexibility index (Phi) is 5.89. The number of ether oxygens (including phenoxy) is 2. The molecule has 1 saturated heterocycles. The number of likely N-dealkylation sites (N-methyl/N-ethyl adjacent to an activating group) is 1. The number of β-amino-alcohol motifs (C(OH)–C–C–N with tert-alkyl or cyclic N) is 1. The van der Waals surface area contributed by atoms with E-state index in [1.54, 1.807) is 0 Å². The SMILES string of the molecule is CN(CCc1ccc2c(c1)CCO2)CC(O)CN1CCOCC1. The Bertz CT molecular complexity index is 503. The Balaban J connectivity index is 1.39. The topological polar surface area (TPSA) is 45.2 Å². The predicted molar refractivity (Wildman–Crippen MR) is 90.1 cm³/mol. The fraction of sp³-hybridized carbons (Fsp3) is 0.667. The van der Waals surface area contributed by atoms with Gasteiger partial charge >= 0.3 is 0 Å². The molecule has 1 atom stereocenters. The maximum Gasteiger partial charge on any atom is 0.122 e. The lowest BCUT2D eigenvalue weighted by Gasteiger charge is -2.30. The standard InChI is InChI=1S/C18H28N2O3/c1-19(13-17(21)14-20-7-10-22-11-8-20)6-4-15-2-3-18-16(12-15)5-9-23-18/h2-3,12,17,21H,4-11,13-14H2,1H3. The summed E-state index contributed by atoms with van der Waals surface area (Å²) < 4.78 is 10.9. The third-order valence-electron chi connectivity index (χ3n) is 4.63. The van der Waals surface area contributed by atoms with Crippen LogP contribution in [0.25, 0.3) is 0 Å². The molecule has 2 aliphatic rings. The molecule has 2 aliphatic heterocycles. The van der Waals surface area contributed by atoms with Gasteiger partial charge in [0.15, 0.2) is 0 Å². The number of aliphatic hydroxyl groups excluding tert-OH is 1. The van der Waals surface area contributed by atoms with Gasteiger partial charge in [0.05, 0.1) is 25.9 Å². The number of fused-ring (bicyclic) bond motifs is 1. The van der Waals surface area contributed by atoms with Crippen LogP contribution < -0.4 is 4.74 Å². The average molecular weight is 320 g/mol. The highest BCUT2D eigenvalue weighted by Crippen LogP contribution is 2.26. The summed E-state index contributed by atoms with van der Waals surface area (Å²) in [6.07, 6.45) is 1.73. The van der Waals surface area contributed by atoms with Crippen LogP contribution in [0.5, 0.6) is 5.75 Å². The second-order valence-electron chi connectivity index (χ2n) is 6.62. The van der Waals surface area contributed by atoms with Gasteiger partial charge in [0.2, 0.25) is 0 Å². The number of aliphatic hydroxyl groups is 1. The highest BCUT2D eigenvalue weighted by atomic mass is 16.5. The molecule has 0 saturated carbocycles. The molecule has 0 bridgehead atoms. The number of morpholine rings is 1. The Morgan fingerprint density at radius 3 is 2.91 bits per heavy atom. The van der Waals surface area contributed by atoms with Crippen molar-refractivity contribution in [3.05, 3.63) is 29.3 Å². The number of nitrogens with zero attached hydrogens (tertiary/aromatic N) is 2. The van der Waals surface area contributed by atoms with Crippen LogP contribution in [0.3, 0.4) is 0 Å². The van der Waals surface area contributed by atoms with Crippen molar-refractivity contribution >= 4 is 0 Å². The van der Waals surface area contributed by atoms with Crippen molar-refractivity contribution in [2.24, 2.45) is 0 Å². The summed E-state index contributed by atoms with van der Waals surface area (Å²) in [4.78, 5) is 4.50. The van der Waals surface area contributed by atoms with Gasteiger partial charge in [0.25, 0.3) is 0 Å². The van der Waals surface area contributed by atoms with E-state index in [9.17, 15) is 5.11 Å². The van der Waals surface area contributed by atoms with Crippen LogP contribution in [-0.2, 0) is 17.6 Å². The van der Waals surface area contributed by atoms with Gasteiger partial charge in [-0.3, -0.25) is 4.90 Å². The van der Waals surface area contributed by atoms with E-state index >= 15 is 0 Å². The molecule has 1 aromatic carbocycles. The second-order valence-corrected chi connectivity index (χ2v) is 6.62. The van der Waals surface area contributed by atoms with E-state index < -0.39 is 0 Å². The summed E-state index contributed by atoms with van der Waals surface area (Å²) in [7, 11) is 2.08. The number of hydrogen-bond acceptors (Lipinski definition) is 5. The second kappa shape index (κ2) is 8.11. The summed E-state index contributed by atoms with van der Waals surface area (Å²) in [5.74, 6) is 1.04. The van der Waals surface area contributed by atoms with Gasteiger partial charge < -0.3 is 19.5 Å². The molecule has 5 heteroatoms. The molecular weight excluding hydrogens is 292 g/mol. The van der Waals surface area contributed by atoms with E-state index in [-0.39, 0.29) is 6.10 Å². The Hall–Kier alpha value is -1.14. The maximum atomic E-state index is 10.3. The van der Waals surface area contributed by atoms with Crippen molar-refractivity contribution in [1.29, 1.82) is 0 Å². The molecule has 0 spiro atoms. The molecule has 23 heavy (non-hydrogen) atoms. The number of benzene rings is 1. The molecule has 0 radical (unpaired) electrons. The number of rotatable bonds is 7. The first-order chi connectivity index (χ1) is 11.2. The average Bonchev–Trinajstić information content (AvgIpc) is 3.01. The quantitative estimate of drug-likeness (QED) is 0.805. The van der Waals surface area contributed by atoms with E-state index in [2.05, 4.69) is 35.0 Å². The van der Waals surface area contributed by atoms with Gasteiger partial charge in [-0.1, -0.05) is 12.1 Å². The lowest BCUT2D eigenvalue weighted by molar-refractivity contribution is 0.00878. The van der Waals surface area contributed by atoms with Crippen molar-refractivity contribution in [3.8, 4) is 5.75 Å². The fourth-order valence-electron chi connectivity index (χ4n) is 3.31. The molecule has 1 N–H and O–H groups in total. The number of hydrogen-bond donors (Lipinski definition) is 1. The van der Waals surface area contributed by atoms with Gasteiger partial charge in [-0.2, -0.15) is 0 Å². The third-order valence-corrected chi connectivity index (χ3v) is 4.63. The minimum atomic E-state index is -0.300. The van der Waals surface area contributed by atoms with Crippen LogP contribution in [0.4, 0.5) is 0 Å². The Morgan fingerprint density at radius 1 is 1.26 bits per heavy atom. The highest BCUT2D eigenvalue weighted by Gasteiger charge is 2.16. The molecule has 2 heterocycles. The lowest BCUT2D eigenvalue weighted by atomic mass is 10.1. The van der Waals surface area contributed by atoms with Crippen LogP contribution in [0.2, 0.25) is 0 Å². The van der Waals surface area contributed by atoms with Crippen LogP contribution in [-0.4, -0.2) is 80.6 Å². The van der Waals surface area contributed by atoms with Gasteiger partial charge in [-0.05, 0) is 30.7 Å². The first-order valence-electron chi connectivity index (χ1n) is 8.62. The highest BCUT2D eigenvalue weighted by molar-refractivity contribution is 5.39. The summed E-state index contributed by atoms with van der Waals surface area (Å²) in [5, 5.41) is 10.3. The summed E-state index contributed by atoms with van der Waals surface area (Å²) in [6, 6.07) is 6.51. The maximum absolute atomic E-state index is 10.3. The molecule has 0 aromatic heterocycles. The molecule has 1 unspecified atom stereocenters. The molecule has 1 fully saturated rings. The van der Waals surface area contributed by atoms with Crippen LogP contribution in [0.15, 0.2) is 18.2 Å². The zero-order chi connectivity index (χ0) is 16.1. The first kappa shape index (κ1) is 16.7. The molecular formula is C18H28N2O3. The molecule has 0 aliphatic carbocycles. The summed E-state index contributed by atoms with van der Waals surface area (Å²) in [6.45, 7) is 6.65. The molecule has 3 rings (SSSR count). The van der Waals surface area contributed by atoms with Crippen LogP contribution >= 0.6 is 0 Å². The van der Waals surface area contributed by atoms with E-state index in [0.29, 0.717) is 6.54 Å². The third kappa shape index (κ3) is 4.91. The lowest BCUT2D eigenvalue weighted by Crippen LogP contribution is -2.44. The van der Waals surface area contributed by atoms with Crippen molar-refractivity contribution in [3.63, 3.8) is 0 Å². The minimum absolute atomic E-state index is 0.300. The molecule has 1 aromatic rings. The van der Waals surface area contributed by atoms with Gasteiger partial charge in [0.1, 0.15) is 5.75 Å². The Morgan fingerprint density at radius 2 is 2.09 bits per heavy atom. The van der Waals surface area contributed by atoms with Crippen molar-refractivity contribution in [1.82, 2.24) is 9.80 Å². The summed E-state index contributed by atoms with van der Waals surface area (Å²) in [5.41, 5.74) is 2.68. The predicted octanol–water partition coefficient (Wildman–Crippen LogP) is 0.789. The van der Waals surface area contributed by atoms with Gasteiger partial charge in [-0.15, -0.1) is 0 Å². The van der Waals surface area contributed by atoms with Crippen molar-refractivity contribution < 1.29 is 14.6 Å². The van der Waals surface area contributed by atoms with E-state index in [4.69, 9.17) is 9.47 Å². The largest absolute Gasteiger partial charge is 0.493 e. The van der Waals surface area contributed by atoms with Crippen LogP contribution in [0, 0.1) is 0 Å². The van der Waals surface area contributed by atoms with E-state index in [0.717, 1.165) is 64.6 Å². The Labute approximate surface area is 138 Å². The normalized spacial score (nSPS) is 19.6. The van der Waals surface area contributed by atoms with Gasteiger partial charge in [0, 0.05) is 39.1 Å². The zero-order valence-corrected chi connectivity index (χ0v) is 14.0. The monoisotopic (exact) mass is 320 g/mol. The molecule has 128 valence electrons.